The van der Waals surface area contributed by atoms with Crippen molar-refractivity contribution in [2.45, 2.75) is 23.8 Å². The fourth-order valence-electron chi connectivity index (χ4n) is 3.41. The van der Waals surface area contributed by atoms with Crippen LogP contribution in [0.4, 0.5) is 24.5 Å². The van der Waals surface area contributed by atoms with E-state index >= 15 is 0 Å². The summed E-state index contributed by atoms with van der Waals surface area (Å²) in [4.78, 5) is 30.0. The lowest BCUT2D eigenvalue weighted by molar-refractivity contribution is -0.157. The number of alkyl halides is 3. The van der Waals surface area contributed by atoms with Crippen molar-refractivity contribution in [3.8, 4) is 5.69 Å². The largest absolute Gasteiger partial charge is 0.409 e. The molecule has 0 bridgehead atoms. The molecular formula is C21H16ClF3N4O2S. The molecule has 166 valence electrons. The second-order valence-electron chi connectivity index (χ2n) is 6.94. The molecule has 0 saturated carbocycles. The van der Waals surface area contributed by atoms with Gasteiger partial charge in [-0.25, -0.2) is 4.98 Å². The van der Waals surface area contributed by atoms with Crippen molar-refractivity contribution in [1.29, 1.82) is 0 Å². The molecule has 1 aliphatic rings. The van der Waals surface area contributed by atoms with Gasteiger partial charge in [0.25, 0.3) is 0 Å². The van der Waals surface area contributed by atoms with Crippen molar-refractivity contribution in [2.75, 3.05) is 16.0 Å². The van der Waals surface area contributed by atoms with Gasteiger partial charge in [0.2, 0.25) is 11.8 Å². The minimum Gasteiger partial charge on any atom is -0.324 e. The molecule has 1 unspecified atom stereocenters. The number of hydrogen-bond acceptors (Lipinski definition) is 4. The fraction of sp³-hybridized carbons (Fsp3) is 0.190. The first-order chi connectivity index (χ1) is 15.2. The summed E-state index contributed by atoms with van der Waals surface area (Å²) in [7, 11) is 0. The van der Waals surface area contributed by atoms with E-state index in [1.807, 2.05) is 0 Å². The first kappa shape index (κ1) is 22.2. The summed E-state index contributed by atoms with van der Waals surface area (Å²) in [6, 6.07) is 10.6. The van der Waals surface area contributed by atoms with E-state index in [1.165, 1.54) is 24.4 Å². The van der Waals surface area contributed by atoms with Gasteiger partial charge in [-0.05, 0) is 30.3 Å². The molecule has 32 heavy (non-hydrogen) atoms. The summed E-state index contributed by atoms with van der Waals surface area (Å²) in [5.41, 5.74) is 0.862. The Bertz CT molecular complexity index is 1170. The number of nitrogens with one attached hydrogen (secondary N) is 1. The van der Waals surface area contributed by atoms with Crippen LogP contribution in [0.15, 0.2) is 66.1 Å². The molecule has 1 aromatic heterocycles. The van der Waals surface area contributed by atoms with Crippen LogP contribution < -0.4 is 10.2 Å². The summed E-state index contributed by atoms with van der Waals surface area (Å²) in [6.45, 7) is 0. The van der Waals surface area contributed by atoms with Crippen LogP contribution in [0.2, 0.25) is 5.02 Å². The number of rotatable bonds is 4. The normalized spacial score (nSPS) is 16.3. The number of imidazole rings is 1. The number of benzene rings is 2. The molecule has 2 heterocycles. The highest BCUT2D eigenvalue weighted by atomic mass is 35.5. The first-order valence-corrected chi connectivity index (χ1v) is 10.8. The van der Waals surface area contributed by atoms with E-state index in [1.54, 1.807) is 41.1 Å². The predicted molar refractivity (Wildman–Crippen MR) is 116 cm³/mol. The van der Waals surface area contributed by atoms with Gasteiger partial charge in [0.15, 0.2) is 5.16 Å². The lowest BCUT2D eigenvalue weighted by atomic mass is 10.1. The zero-order chi connectivity index (χ0) is 22.9. The van der Waals surface area contributed by atoms with Gasteiger partial charge in [-0.2, -0.15) is 13.2 Å². The van der Waals surface area contributed by atoms with Crippen LogP contribution in [0, 0.1) is 0 Å². The van der Waals surface area contributed by atoms with Crippen LogP contribution in [0.3, 0.4) is 0 Å². The van der Waals surface area contributed by atoms with Crippen molar-refractivity contribution >= 4 is 46.6 Å². The summed E-state index contributed by atoms with van der Waals surface area (Å²) >= 11 is 7.03. The third-order valence-electron chi connectivity index (χ3n) is 4.79. The standard InChI is InChI=1S/C21H16ClF3N4O2S/c22-13-4-3-5-14(10-13)28-9-8-26-20(28)32-12-19(31)29-16-7-2-1-6-15(16)27-18(30)11-17(29)21(23,24)25/h1-10,17H,11-12H2,(H,27,30). The topological polar surface area (TPSA) is 67.2 Å². The number of nitrogens with zero attached hydrogens (tertiary/aromatic N) is 3. The average molecular weight is 481 g/mol. The Balaban J connectivity index is 1.62. The molecule has 2 amide bonds. The Morgan fingerprint density at radius 2 is 2.00 bits per heavy atom. The van der Waals surface area contributed by atoms with Gasteiger partial charge in [0.05, 0.1) is 23.5 Å². The fourth-order valence-corrected chi connectivity index (χ4v) is 4.43. The number of carbonyl (C=O) groups excluding carboxylic acids is 2. The molecule has 1 atom stereocenters. The first-order valence-electron chi connectivity index (χ1n) is 9.44. The van der Waals surface area contributed by atoms with E-state index in [0.717, 1.165) is 11.8 Å². The van der Waals surface area contributed by atoms with Gasteiger partial charge in [-0.1, -0.05) is 41.6 Å². The molecule has 0 fully saturated rings. The van der Waals surface area contributed by atoms with Crippen LogP contribution in [-0.2, 0) is 9.59 Å². The SMILES string of the molecule is O=C1CC(C(F)(F)F)N(C(=O)CSc2nccn2-c2cccc(Cl)c2)c2ccccc2N1. The zero-order valence-electron chi connectivity index (χ0n) is 16.3. The Morgan fingerprint density at radius 1 is 1.22 bits per heavy atom. The molecule has 1 aliphatic heterocycles. The van der Waals surface area contributed by atoms with Crippen molar-refractivity contribution < 1.29 is 22.8 Å². The molecule has 11 heteroatoms. The number of hydrogen-bond donors (Lipinski definition) is 1. The second kappa shape index (κ2) is 8.87. The van der Waals surface area contributed by atoms with Gasteiger partial charge in [-0.15, -0.1) is 0 Å². The van der Waals surface area contributed by atoms with Crippen LogP contribution >= 0.6 is 23.4 Å². The number of anilines is 2. The molecule has 0 radical (unpaired) electrons. The average Bonchev–Trinajstić information content (AvgIpc) is 3.14. The number of amides is 2. The molecule has 0 spiro atoms. The summed E-state index contributed by atoms with van der Waals surface area (Å²) < 4.78 is 43.2. The Labute approximate surface area is 190 Å². The lowest BCUT2D eigenvalue weighted by Gasteiger charge is -2.31. The smallest absolute Gasteiger partial charge is 0.324 e. The van der Waals surface area contributed by atoms with Crippen LogP contribution in [0.25, 0.3) is 5.69 Å². The third-order valence-corrected chi connectivity index (χ3v) is 5.98. The van der Waals surface area contributed by atoms with Crippen LogP contribution in [0.5, 0.6) is 0 Å². The number of thioether (sulfide) groups is 1. The zero-order valence-corrected chi connectivity index (χ0v) is 17.9. The summed E-state index contributed by atoms with van der Waals surface area (Å²) in [5.74, 6) is -1.91. The van der Waals surface area contributed by atoms with E-state index in [4.69, 9.17) is 11.6 Å². The molecule has 0 aliphatic carbocycles. The van der Waals surface area contributed by atoms with Crippen LogP contribution in [0.1, 0.15) is 6.42 Å². The van der Waals surface area contributed by atoms with Gasteiger partial charge in [0, 0.05) is 23.1 Å². The highest BCUT2D eigenvalue weighted by Gasteiger charge is 2.48. The Kier molecular flexibility index (Phi) is 6.16. The summed E-state index contributed by atoms with van der Waals surface area (Å²) in [5, 5.41) is 3.37. The van der Waals surface area contributed by atoms with Gasteiger partial charge < -0.3 is 5.32 Å². The van der Waals surface area contributed by atoms with E-state index in [0.29, 0.717) is 20.8 Å². The maximum atomic E-state index is 13.8. The second-order valence-corrected chi connectivity index (χ2v) is 8.32. The van der Waals surface area contributed by atoms with Gasteiger partial charge in [-0.3, -0.25) is 19.1 Å². The number of aromatic nitrogens is 2. The molecule has 4 rings (SSSR count). The van der Waals surface area contributed by atoms with Crippen molar-refractivity contribution in [3.05, 3.63) is 65.9 Å². The minimum atomic E-state index is -4.78. The Morgan fingerprint density at radius 3 is 2.75 bits per heavy atom. The molecular weight excluding hydrogens is 465 g/mol. The molecule has 3 aromatic rings. The molecule has 6 nitrogen and oxygen atoms in total. The lowest BCUT2D eigenvalue weighted by Crippen LogP contribution is -2.50. The highest BCUT2D eigenvalue weighted by Crippen LogP contribution is 2.38. The van der Waals surface area contributed by atoms with E-state index < -0.39 is 30.5 Å². The number of carbonyl (C=O) groups is 2. The minimum absolute atomic E-state index is 0.00413. The van der Waals surface area contributed by atoms with E-state index in [-0.39, 0.29) is 17.1 Å². The van der Waals surface area contributed by atoms with E-state index in [9.17, 15) is 22.8 Å². The Hall–Kier alpha value is -2.98. The molecule has 1 N–H and O–H groups in total. The molecule has 0 saturated heterocycles. The van der Waals surface area contributed by atoms with Crippen molar-refractivity contribution in [3.63, 3.8) is 0 Å². The monoisotopic (exact) mass is 480 g/mol. The number of para-hydroxylation sites is 2. The molecule has 2 aromatic carbocycles. The maximum absolute atomic E-state index is 13.8. The summed E-state index contributed by atoms with van der Waals surface area (Å²) in [6.07, 6.45) is -2.48. The quantitative estimate of drug-likeness (QED) is 0.538. The van der Waals surface area contributed by atoms with Gasteiger partial charge in [0.1, 0.15) is 6.04 Å². The van der Waals surface area contributed by atoms with E-state index in [2.05, 4.69) is 10.3 Å². The number of fused-ring (bicyclic) bond motifs is 1. The van der Waals surface area contributed by atoms with Crippen LogP contribution in [-0.4, -0.2) is 39.3 Å². The highest BCUT2D eigenvalue weighted by molar-refractivity contribution is 7.99. The van der Waals surface area contributed by atoms with Crippen molar-refractivity contribution in [2.24, 2.45) is 0 Å². The van der Waals surface area contributed by atoms with Gasteiger partial charge >= 0.3 is 6.18 Å². The predicted octanol–water partition coefficient (Wildman–Crippen LogP) is 4.92. The number of halogens is 4. The van der Waals surface area contributed by atoms with Crippen molar-refractivity contribution in [1.82, 2.24) is 9.55 Å². The maximum Gasteiger partial charge on any atom is 0.409 e. The third kappa shape index (κ3) is 4.61.